The fraction of sp³-hybridized carbons (Fsp3) is 1.00. The third-order valence-electron chi connectivity index (χ3n) is 3.08. The minimum Gasteiger partial charge on any atom is -0.301 e. The van der Waals surface area contributed by atoms with Crippen LogP contribution in [0.3, 0.4) is 0 Å². The highest BCUT2D eigenvalue weighted by molar-refractivity contribution is 4.92. The normalized spacial score (nSPS) is 39.8. The van der Waals surface area contributed by atoms with Gasteiger partial charge in [0.1, 0.15) is 0 Å². The van der Waals surface area contributed by atoms with E-state index in [0.29, 0.717) is 5.54 Å². The average Bonchev–Trinajstić information content (AvgIpc) is 2.08. The monoisotopic (exact) mass is 155 g/mol. The van der Waals surface area contributed by atoms with Crippen LogP contribution in [-0.4, -0.2) is 24.0 Å². The highest BCUT2D eigenvalue weighted by Gasteiger charge is 2.36. The topological polar surface area (TPSA) is 3.24 Å². The van der Waals surface area contributed by atoms with Gasteiger partial charge in [0.2, 0.25) is 0 Å². The molecular weight excluding hydrogens is 134 g/mol. The molecular formula is C10H21N. The van der Waals surface area contributed by atoms with Crippen molar-refractivity contribution in [2.75, 3.05) is 13.6 Å². The van der Waals surface area contributed by atoms with E-state index in [-0.39, 0.29) is 0 Å². The van der Waals surface area contributed by atoms with Gasteiger partial charge in [0.25, 0.3) is 0 Å². The van der Waals surface area contributed by atoms with Gasteiger partial charge in [0.05, 0.1) is 0 Å². The van der Waals surface area contributed by atoms with Crippen LogP contribution in [0.5, 0.6) is 0 Å². The van der Waals surface area contributed by atoms with Gasteiger partial charge in [-0.15, -0.1) is 0 Å². The van der Waals surface area contributed by atoms with Crippen molar-refractivity contribution in [1.29, 1.82) is 0 Å². The van der Waals surface area contributed by atoms with Gasteiger partial charge in [0.15, 0.2) is 0 Å². The van der Waals surface area contributed by atoms with Gasteiger partial charge < -0.3 is 4.90 Å². The molecule has 1 fully saturated rings. The predicted octanol–water partition coefficient (Wildman–Crippen LogP) is 2.52. The van der Waals surface area contributed by atoms with Crippen molar-refractivity contribution in [3.8, 4) is 0 Å². The summed E-state index contributed by atoms with van der Waals surface area (Å²) in [4.78, 5) is 2.53. The van der Waals surface area contributed by atoms with Gasteiger partial charge in [-0.2, -0.15) is 0 Å². The molecule has 0 aromatic carbocycles. The first-order chi connectivity index (χ1) is 5.08. The number of hydrogen-bond donors (Lipinski definition) is 0. The fourth-order valence-electron chi connectivity index (χ4n) is 2.49. The van der Waals surface area contributed by atoms with Crippen LogP contribution in [0.4, 0.5) is 0 Å². The summed E-state index contributed by atoms with van der Waals surface area (Å²) in [6, 6.07) is 0. The first-order valence-electron chi connectivity index (χ1n) is 4.80. The summed E-state index contributed by atoms with van der Waals surface area (Å²) in [7, 11) is 2.26. The van der Waals surface area contributed by atoms with E-state index < -0.39 is 0 Å². The minimum absolute atomic E-state index is 0.508. The molecule has 0 aliphatic carbocycles. The van der Waals surface area contributed by atoms with Crippen molar-refractivity contribution in [3.63, 3.8) is 0 Å². The van der Waals surface area contributed by atoms with Crippen LogP contribution in [-0.2, 0) is 0 Å². The first-order valence-corrected chi connectivity index (χ1v) is 4.80. The summed E-state index contributed by atoms with van der Waals surface area (Å²) in [6.07, 6.45) is 4.05. The highest BCUT2D eigenvalue weighted by Crippen LogP contribution is 2.34. The number of rotatable bonds is 2. The molecule has 1 saturated heterocycles. The smallest absolute Gasteiger partial charge is 0.0181 e. The summed E-state index contributed by atoms with van der Waals surface area (Å²) in [5, 5.41) is 0. The van der Waals surface area contributed by atoms with E-state index in [9.17, 15) is 0 Å². The second-order valence-corrected chi connectivity index (χ2v) is 4.44. The average molecular weight is 155 g/mol. The second kappa shape index (κ2) is 3.14. The number of hydrogen-bond acceptors (Lipinski definition) is 1. The molecule has 66 valence electrons. The van der Waals surface area contributed by atoms with Gasteiger partial charge in [-0.05, 0) is 32.7 Å². The molecule has 0 saturated carbocycles. The Balaban J connectivity index is 2.55. The second-order valence-electron chi connectivity index (χ2n) is 4.44. The van der Waals surface area contributed by atoms with Gasteiger partial charge in [-0.25, -0.2) is 0 Å². The van der Waals surface area contributed by atoms with Crippen LogP contribution in [0.2, 0.25) is 0 Å². The zero-order valence-electron chi connectivity index (χ0n) is 8.35. The quantitative estimate of drug-likeness (QED) is 0.592. The van der Waals surface area contributed by atoms with E-state index in [4.69, 9.17) is 0 Å². The summed E-state index contributed by atoms with van der Waals surface area (Å²) in [6.45, 7) is 8.33. The molecule has 2 atom stereocenters. The molecule has 11 heavy (non-hydrogen) atoms. The van der Waals surface area contributed by atoms with Crippen LogP contribution in [0.25, 0.3) is 0 Å². The van der Waals surface area contributed by atoms with Crippen molar-refractivity contribution in [1.82, 2.24) is 4.90 Å². The van der Waals surface area contributed by atoms with E-state index in [2.05, 4.69) is 32.7 Å². The molecule has 0 N–H and O–H groups in total. The fourth-order valence-corrected chi connectivity index (χ4v) is 2.49. The summed E-state index contributed by atoms with van der Waals surface area (Å²) < 4.78 is 0. The van der Waals surface area contributed by atoms with E-state index in [1.165, 1.54) is 25.8 Å². The highest BCUT2D eigenvalue weighted by atomic mass is 15.2. The van der Waals surface area contributed by atoms with Crippen molar-refractivity contribution in [3.05, 3.63) is 0 Å². The zero-order chi connectivity index (χ0) is 8.48. The SMILES string of the molecule is CCC[C@@]1(C)CC(C)CN1C. The maximum Gasteiger partial charge on any atom is 0.0181 e. The Bertz CT molecular complexity index is 133. The molecule has 0 radical (unpaired) electrons. The van der Waals surface area contributed by atoms with Crippen molar-refractivity contribution in [2.45, 2.75) is 45.6 Å². The molecule has 1 aliphatic rings. The molecule has 0 amide bonds. The van der Waals surface area contributed by atoms with Gasteiger partial charge >= 0.3 is 0 Å². The van der Waals surface area contributed by atoms with Crippen molar-refractivity contribution in [2.24, 2.45) is 5.92 Å². The Labute approximate surface area is 70.8 Å². The van der Waals surface area contributed by atoms with Gasteiger partial charge in [-0.3, -0.25) is 0 Å². The molecule has 1 nitrogen and oxygen atoms in total. The Hall–Kier alpha value is -0.0400. The molecule has 0 bridgehead atoms. The molecule has 0 spiro atoms. The Morgan fingerprint density at radius 2 is 2.18 bits per heavy atom. The Morgan fingerprint density at radius 1 is 1.55 bits per heavy atom. The summed E-state index contributed by atoms with van der Waals surface area (Å²) >= 11 is 0. The molecule has 1 heterocycles. The Morgan fingerprint density at radius 3 is 2.55 bits per heavy atom. The molecule has 0 aromatic rings. The minimum atomic E-state index is 0.508. The number of likely N-dealkylation sites (tertiary alicyclic amines) is 1. The van der Waals surface area contributed by atoms with Crippen molar-refractivity contribution >= 4 is 0 Å². The molecule has 1 aliphatic heterocycles. The molecule has 1 heteroatoms. The lowest BCUT2D eigenvalue weighted by molar-refractivity contribution is 0.181. The standard InChI is InChI=1S/C10H21N/c1-5-6-10(3)7-9(2)8-11(10)4/h9H,5-8H2,1-4H3/t9?,10-/m0/s1. The third-order valence-corrected chi connectivity index (χ3v) is 3.08. The van der Waals surface area contributed by atoms with E-state index in [0.717, 1.165) is 5.92 Å². The summed E-state index contributed by atoms with van der Waals surface area (Å²) in [5.41, 5.74) is 0.508. The maximum atomic E-state index is 2.53. The Kier molecular flexibility index (Phi) is 2.58. The van der Waals surface area contributed by atoms with Crippen LogP contribution in [0, 0.1) is 5.92 Å². The first kappa shape index (κ1) is 9.05. The van der Waals surface area contributed by atoms with Gasteiger partial charge in [-0.1, -0.05) is 20.3 Å². The number of nitrogens with zero attached hydrogens (tertiary/aromatic N) is 1. The lowest BCUT2D eigenvalue weighted by Crippen LogP contribution is -2.37. The predicted molar refractivity (Wildman–Crippen MR) is 49.7 cm³/mol. The van der Waals surface area contributed by atoms with Crippen molar-refractivity contribution < 1.29 is 0 Å². The molecule has 1 unspecified atom stereocenters. The maximum absolute atomic E-state index is 2.53. The third kappa shape index (κ3) is 1.76. The zero-order valence-corrected chi connectivity index (χ0v) is 8.35. The molecule has 0 aromatic heterocycles. The summed E-state index contributed by atoms with van der Waals surface area (Å²) in [5.74, 6) is 0.900. The van der Waals surface area contributed by atoms with Crippen LogP contribution >= 0.6 is 0 Å². The van der Waals surface area contributed by atoms with E-state index in [1.807, 2.05) is 0 Å². The van der Waals surface area contributed by atoms with Gasteiger partial charge in [0, 0.05) is 12.1 Å². The van der Waals surface area contributed by atoms with Crippen LogP contribution in [0.15, 0.2) is 0 Å². The van der Waals surface area contributed by atoms with E-state index >= 15 is 0 Å². The largest absolute Gasteiger partial charge is 0.301 e. The molecule has 1 rings (SSSR count). The van der Waals surface area contributed by atoms with Crippen LogP contribution in [0.1, 0.15) is 40.0 Å². The van der Waals surface area contributed by atoms with Crippen LogP contribution < -0.4 is 0 Å². The van der Waals surface area contributed by atoms with E-state index in [1.54, 1.807) is 0 Å². The lowest BCUT2D eigenvalue weighted by atomic mass is 9.91. The lowest BCUT2D eigenvalue weighted by Gasteiger charge is -2.31.